The summed E-state index contributed by atoms with van der Waals surface area (Å²) in [6, 6.07) is 16.5. The number of aryl methyl sites for hydroxylation is 1. The first kappa shape index (κ1) is 43.7. The van der Waals surface area contributed by atoms with Gasteiger partial charge < -0.3 is 13.9 Å². The Morgan fingerprint density at radius 3 is 2.18 bits per heavy atom. The van der Waals surface area contributed by atoms with Crippen LogP contribution in [0.3, 0.4) is 0 Å². The molecule has 0 aliphatic carbocycles. The Hall–Kier alpha value is -4.06. The molecule has 6 nitrogen and oxygen atoms in total. The Bertz CT molecular complexity index is 2290. The molecule has 0 bridgehead atoms. The summed E-state index contributed by atoms with van der Waals surface area (Å²) in [6.45, 7) is 25.3. The number of furan rings is 2. The van der Waals surface area contributed by atoms with Crippen LogP contribution in [-0.4, -0.2) is 20.9 Å². The molecule has 4 aromatic heterocycles. The summed E-state index contributed by atoms with van der Waals surface area (Å²) in [5.41, 5.74) is 8.35. The third kappa shape index (κ3) is 9.16. The maximum absolute atomic E-state index is 12.2. The van der Waals surface area contributed by atoms with Crippen molar-refractivity contribution in [2.45, 2.75) is 121 Å². The van der Waals surface area contributed by atoms with Crippen molar-refractivity contribution in [2.75, 3.05) is 0 Å². The van der Waals surface area contributed by atoms with Gasteiger partial charge >= 0.3 is 0 Å². The first-order valence-corrected chi connectivity index (χ1v) is 19.6. The third-order valence-electron chi connectivity index (χ3n) is 11.7. The van der Waals surface area contributed by atoms with Gasteiger partial charge in [0.1, 0.15) is 11.3 Å². The Morgan fingerprint density at radius 1 is 0.891 bits per heavy atom. The minimum Gasteiger partial charge on any atom is -0.512 e. The van der Waals surface area contributed by atoms with Crippen molar-refractivity contribution in [3.05, 3.63) is 95.9 Å². The number of carbonyl (C=O) groups is 1. The molecule has 6 aromatic rings. The SMILES string of the molecule is CCC(C)(CC)C(=O)/C=C(\O)C(C)(CC)CC.Cc1coc2nc(-c3[c-]c4ccncc4c(C(C)(C)C)c3)cc(-c3ccc4c(CC(C)C)coc4c3)c12.[Ir]. The quantitative estimate of drug-likeness (QED) is 0.0791. The first-order valence-electron chi connectivity index (χ1n) is 19.6. The summed E-state index contributed by atoms with van der Waals surface area (Å²) >= 11 is 0. The molecule has 295 valence electrons. The molecule has 0 saturated heterocycles. The zero-order valence-corrected chi connectivity index (χ0v) is 37.3. The van der Waals surface area contributed by atoms with Gasteiger partial charge in [-0.2, -0.15) is 0 Å². The first-order chi connectivity index (χ1) is 25.5. The average molecular weight is 920 g/mol. The number of pyridine rings is 2. The summed E-state index contributed by atoms with van der Waals surface area (Å²) in [7, 11) is 0. The minimum absolute atomic E-state index is 0. The molecule has 0 aliphatic heterocycles. The molecule has 0 fully saturated rings. The van der Waals surface area contributed by atoms with Crippen molar-refractivity contribution in [3.63, 3.8) is 0 Å². The van der Waals surface area contributed by atoms with Gasteiger partial charge in [0, 0.05) is 59.7 Å². The Labute approximate surface area is 341 Å². The fourth-order valence-corrected chi connectivity index (χ4v) is 6.97. The van der Waals surface area contributed by atoms with Crippen LogP contribution in [-0.2, 0) is 36.7 Å². The van der Waals surface area contributed by atoms with Gasteiger partial charge in [-0.25, -0.2) is 0 Å². The van der Waals surface area contributed by atoms with E-state index < -0.39 is 0 Å². The van der Waals surface area contributed by atoms with E-state index in [4.69, 9.17) is 13.8 Å². The van der Waals surface area contributed by atoms with Gasteiger partial charge in [-0.15, -0.1) is 23.6 Å². The second-order valence-electron chi connectivity index (χ2n) is 16.9. The van der Waals surface area contributed by atoms with Crippen LogP contribution in [0.1, 0.15) is 119 Å². The summed E-state index contributed by atoms with van der Waals surface area (Å²) in [4.78, 5) is 21.5. The van der Waals surface area contributed by atoms with Crippen LogP contribution in [0.2, 0.25) is 0 Å². The average Bonchev–Trinajstić information content (AvgIpc) is 3.74. The predicted molar refractivity (Wildman–Crippen MR) is 224 cm³/mol. The number of nitrogens with zero attached hydrogens (tertiary/aromatic N) is 2. The fourth-order valence-electron chi connectivity index (χ4n) is 6.97. The number of benzene rings is 2. The molecule has 0 atom stereocenters. The zero-order chi connectivity index (χ0) is 39.6. The maximum Gasteiger partial charge on any atom is 0.219 e. The number of hydrogen-bond donors (Lipinski definition) is 1. The Kier molecular flexibility index (Phi) is 13.8. The van der Waals surface area contributed by atoms with E-state index >= 15 is 0 Å². The molecular formula is C48H59IrN2O4-. The van der Waals surface area contributed by atoms with Gasteiger partial charge in [-0.1, -0.05) is 111 Å². The number of aromatic nitrogens is 2. The van der Waals surface area contributed by atoms with E-state index in [-0.39, 0.29) is 47.9 Å². The molecule has 0 unspecified atom stereocenters. The minimum atomic E-state index is -0.337. The van der Waals surface area contributed by atoms with E-state index in [0.717, 1.165) is 81.8 Å². The van der Waals surface area contributed by atoms with Crippen molar-refractivity contribution in [3.8, 4) is 22.4 Å². The number of aliphatic hydroxyl groups is 1. The molecular weight excluding hydrogens is 861 g/mol. The number of ketones is 1. The number of hydrogen-bond acceptors (Lipinski definition) is 6. The van der Waals surface area contributed by atoms with Gasteiger partial charge in [0.15, 0.2) is 5.78 Å². The fraction of sp³-hybridized carbons (Fsp3) is 0.438. The molecule has 0 spiro atoms. The zero-order valence-electron chi connectivity index (χ0n) is 34.9. The van der Waals surface area contributed by atoms with Gasteiger partial charge in [0.2, 0.25) is 5.71 Å². The number of fused-ring (bicyclic) bond motifs is 3. The molecule has 55 heavy (non-hydrogen) atoms. The van der Waals surface area contributed by atoms with E-state index in [9.17, 15) is 9.90 Å². The molecule has 2 aromatic carbocycles. The van der Waals surface area contributed by atoms with Gasteiger partial charge in [0.25, 0.3) is 0 Å². The van der Waals surface area contributed by atoms with E-state index in [0.29, 0.717) is 11.6 Å². The number of allylic oxidation sites excluding steroid dienone is 2. The van der Waals surface area contributed by atoms with Gasteiger partial charge in [-0.05, 0) is 84.9 Å². The number of aliphatic hydroxyl groups excluding tert-OH is 1. The van der Waals surface area contributed by atoms with Crippen LogP contribution >= 0.6 is 0 Å². The van der Waals surface area contributed by atoms with Crippen molar-refractivity contribution in [1.82, 2.24) is 9.97 Å². The van der Waals surface area contributed by atoms with E-state index in [1.807, 2.05) is 66.3 Å². The Morgan fingerprint density at radius 2 is 1.56 bits per heavy atom. The topological polar surface area (TPSA) is 89.4 Å². The van der Waals surface area contributed by atoms with Crippen LogP contribution in [0.4, 0.5) is 0 Å². The number of carbonyl (C=O) groups excluding carboxylic acids is 1. The van der Waals surface area contributed by atoms with E-state index in [1.54, 1.807) is 6.26 Å². The van der Waals surface area contributed by atoms with E-state index in [2.05, 4.69) is 82.9 Å². The van der Waals surface area contributed by atoms with Crippen molar-refractivity contribution in [1.29, 1.82) is 0 Å². The molecule has 4 heterocycles. The van der Waals surface area contributed by atoms with Crippen molar-refractivity contribution >= 4 is 38.6 Å². The predicted octanol–water partition coefficient (Wildman–Crippen LogP) is 13.7. The number of rotatable bonds is 11. The smallest absolute Gasteiger partial charge is 0.219 e. The molecule has 0 amide bonds. The molecule has 7 heteroatoms. The third-order valence-corrected chi connectivity index (χ3v) is 11.7. The van der Waals surface area contributed by atoms with E-state index in [1.165, 1.54) is 22.6 Å². The molecule has 6 rings (SSSR count). The largest absolute Gasteiger partial charge is 0.512 e. The standard InChI is InChI=1S/C33H31N2O2.C15H28O2.Ir/c1-19(2)11-24-18-36-30-14-21(7-8-25(24)30)26-15-29(35-32-31(26)20(3)17-37-32)23-12-22-9-10-34-16-27(22)28(13-23)33(4,5)6;1-7-14(5,8-2)12(16)11-13(17)15(6,9-3)10-4;/h7-10,13-19H,11H2,1-6H3;11,16H,7-10H2,1-6H3;/q-1;;/b;12-11-;. The molecule has 1 radical (unpaired) electrons. The Balaban J connectivity index is 0.000000320. The van der Waals surface area contributed by atoms with Crippen molar-refractivity contribution in [2.24, 2.45) is 16.7 Å². The summed E-state index contributed by atoms with van der Waals surface area (Å²) < 4.78 is 11.9. The monoisotopic (exact) mass is 920 g/mol. The van der Waals surface area contributed by atoms with Gasteiger partial charge in [0.05, 0.1) is 12.5 Å². The normalized spacial score (nSPS) is 12.6. The molecule has 1 N–H and O–H groups in total. The van der Waals surface area contributed by atoms with Crippen LogP contribution in [0.25, 0.3) is 55.2 Å². The molecule has 0 saturated carbocycles. The van der Waals surface area contributed by atoms with Gasteiger partial charge in [-0.3, -0.25) is 14.8 Å². The van der Waals surface area contributed by atoms with Crippen LogP contribution in [0.5, 0.6) is 0 Å². The van der Waals surface area contributed by atoms with Crippen molar-refractivity contribution < 1.29 is 38.8 Å². The second-order valence-corrected chi connectivity index (χ2v) is 16.9. The second kappa shape index (κ2) is 17.4. The van der Waals surface area contributed by atoms with Crippen LogP contribution < -0.4 is 0 Å². The summed E-state index contributed by atoms with van der Waals surface area (Å²) in [6.07, 6.45) is 13.2. The maximum atomic E-state index is 12.2. The summed E-state index contributed by atoms with van der Waals surface area (Å²) in [5, 5.41) is 14.5. The van der Waals surface area contributed by atoms with Crippen LogP contribution in [0, 0.1) is 29.7 Å². The summed E-state index contributed by atoms with van der Waals surface area (Å²) in [5.74, 6) is 0.858. The molecule has 0 aliphatic rings. The van der Waals surface area contributed by atoms with Crippen LogP contribution in [0.15, 0.2) is 82.0 Å².